The molecule has 268 valence electrons. The zero-order chi connectivity index (χ0) is 37.7. The number of hydrogen-bond acceptors (Lipinski definition) is 3. The molecule has 0 aliphatic rings. The first-order valence-electron chi connectivity index (χ1n) is 19.3. The molecule has 0 N–H and O–H groups in total. The molecule has 2 aromatic heterocycles. The van der Waals surface area contributed by atoms with Crippen molar-refractivity contribution in [3.05, 3.63) is 212 Å². The van der Waals surface area contributed by atoms with Gasteiger partial charge in [0.2, 0.25) is 0 Å². The van der Waals surface area contributed by atoms with Gasteiger partial charge in [-0.15, -0.1) is 11.3 Å². The average molecular weight is 746 g/mol. The second-order valence-electron chi connectivity index (χ2n) is 14.5. The van der Waals surface area contributed by atoms with Crippen LogP contribution in [0.3, 0.4) is 0 Å². The Morgan fingerprint density at radius 2 is 0.895 bits per heavy atom. The van der Waals surface area contributed by atoms with Crippen molar-refractivity contribution in [1.29, 1.82) is 0 Å². The predicted octanol–water partition coefficient (Wildman–Crippen LogP) is 16.1. The lowest BCUT2D eigenvalue weighted by atomic mass is 9.93. The first kappa shape index (κ1) is 33.2. The van der Waals surface area contributed by atoms with Gasteiger partial charge in [-0.3, -0.25) is 0 Å². The fourth-order valence-electron chi connectivity index (χ4n) is 8.32. The minimum absolute atomic E-state index is 0.893. The monoisotopic (exact) mass is 745 g/mol. The van der Waals surface area contributed by atoms with Gasteiger partial charge in [-0.1, -0.05) is 152 Å². The Kier molecular flexibility index (Phi) is 8.04. The highest BCUT2D eigenvalue weighted by molar-refractivity contribution is 7.25. The Morgan fingerprint density at radius 1 is 0.316 bits per heavy atom. The van der Waals surface area contributed by atoms with E-state index in [0.29, 0.717) is 0 Å². The quantitative estimate of drug-likeness (QED) is 0.162. The Balaban J connectivity index is 1.04. The molecule has 0 aliphatic carbocycles. The summed E-state index contributed by atoms with van der Waals surface area (Å²) >= 11 is 1.85. The van der Waals surface area contributed by atoms with Crippen LogP contribution in [-0.4, -0.2) is 0 Å². The van der Waals surface area contributed by atoms with Crippen LogP contribution < -0.4 is 4.90 Å². The van der Waals surface area contributed by atoms with Crippen molar-refractivity contribution in [2.45, 2.75) is 0 Å². The number of thiophene rings is 1. The molecule has 0 unspecified atom stereocenters. The molecule has 0 aliphatic heterocycles. The minimum atomic E-state index is 0.893. The fraction of sp³-hybridized carbons (Fsp3) is 0. The molecular weight excluding hydrogens is 711 g/mol. The maximum atomic E-state index is 6.50. The molecule has 3 heteroatoms. The average Bonchev–Trinajstić information content (AvgIpc) is 3.85. The number of para-hydroxylation sites is 1. The first-order chi connectivity index (χ1) is 28.2. The lowest BCUT2D eigenvalue weighted by molar-refractivity contribution is 0.670. The van der Waals surface area contributed by atoms with Crippen LogP contribution in [0.5, 0.6) is 0 Å². The summed E-state index contributed by atoms with van der Waals surface area (Å²) in [6.07, 6.45) is 0. The largest absolute Gasteiger partial charge is 0.455 e. The number of anilines is 3. The highest BCUT2D eigenvalue weighted by atomic mass is 32.1. The topological polar surface area (TPSA) is 16.4 Å². The van der Waals surface area contributed by atoms with Gasteiger partial charge in [0.25, 0.3) is 0 Å². The summed E-state index contributed by atoms with van der Waals surface area (Å²) in [5.74, 6) is 0. The van der Waals surface area contributed by atoms with Gasteiger partial charge in [0.1, 0.15) is 11.2 Å². The molecule has 0 radical (unpaired) electrons. The summed E-state index contributed by atoms with van der Waals surface area (Å²) in [7, 11) is 0. The summed E-state index contributed by atoms with van der Waals surface area (Å²) < 4.78 is 9.09. The Morgan fingerprint density at radius 3 is 1.65 bits per heavy atom. The van der Waals surface area contributed by atoms with Crippen LogP contribution in [-0.2, 0) is 0 Å². The van der Waals surface area contributed by atoms with Crippen LogP contribution in [0.2, 0.25) is 0 Å². The molecule has 57 heavy (non-hydrogen) atoms. The van der Waals surface area contributed by atoms with Crippen molar-refractivity contribution in [3.63, 3.8) is 0 Å². The highest BCUT2D eigenvalue weighted by Gasteiger charge is 2.19. The van der Waals surface area contributed by atoms with E-state index in [0.717, 1.165) is 61.3 Å². The number of fused-ring (bicyclic) bond motifs is 6. The van der Waals surface area contributed by atoms with Gasteiger partial charge in [-0.2, -0.15) is 0 Å². The third-order valence-electron chi connectivity index (χ3n) is 11.1. The van der Waals surface area contributed by atoms with Crippen molar-refractivity contribution < 1.29 is 4.42 Å². The van der Waals surface area contributed by atoms with Crippen molar-refractivity contribution in [1.82, 2.24) is 0 Å². The maximum absolute atomic E-state index is 6.50. The number of rotatable bonds is 7. The van der Waals surface area contributed by atoms with E-state index in [1.54, 1.807) is 0 Å². The van der Waals surface area contributed by atoms with Crippen LogP contribution in [0, 0.1) is 0 Å². The van der Waals surface area contributed by atoms with Gasteiger partial charge in [0, 0.05) is 53.6 Å². The third kappa shape index (κ3) is 5.88. The van der Waals surface area contributed by atoms with E-state index in [4.69, 9.17) is 4.42 Å². The molecular formula is C54H35NOS. The van der Waals surface area contributed by atoms with Gasteiger partial charge in [-0.25, -0.2) is 0 Å². The minimum Gasteiger partial charge on any atom is -0.455 e. The van der Waals surface area contributed by atoms with E-state index in [-0.39, 0.29) is 0 Å². The number of furan rings is 1. The van der Waals surface area contributed by atoms with Crippen LogP contribution >= 0.6 is 11.3 Å². The van der Waals surface area contributed by atoms with Gasteiger partial charge in [0.05, 0.1) is 0 Å². The Bertz CT molecular complexity index is 3220. The molecule has 0 bridgehead atoms. The van der Waals surface area contributed by atoms with Gasteiger partial charge >= 0.3 is 0 Å². The van der Waals surface area contributed by atoms with E-state index < -0.39 is 0 Å². The fourth-order valence-corrected chi connectivity index (χ4v) is 9.41. The zero-order valence-electron chi connectivity index (χ0n) is 31.0. The summed E-state index contributed by atoms with van der Waals surface area (Å²) in [5, 5.41) is 4.81. The molecule has 2 heterocycles. The van der Waals surface area contributed by atoms with Crippen LogP contribution in [0.25, 0.3) is 86.6 Å². The van der Waals surface area contributed by atoms with Crippen molar-refractivity contribution in [2.24, 2.45) is 0 Å². The zero-order valence-corrected chi connectivity index (χ0v) is 31.8. The lowest BCUT2D eigenvalue weighted by Gasteiger charge is -2.27. The Labute approximate surface area is 335 Å². The van der Waals surface area contributed by atoms with E-state index >= 15 is 0 Å². The molecule has 0 spiro atoms. The second kappa shape index (κ2) is 13.8. The van der Waals surface area contributed by atoms with Crippen LogP contribution in [0.15, 0.2) is 217 Å². The molecule has 0 saturated carbocycles. The molecule has 0 fully saturated rings. The maximum Gasteiger partial charge on any atom is 0.143 e. The summed E-state index contributed by atoms with van der Waals surface area (Å²) in [6.45, 7) is 0. The smallest absolute Gasteiger partial charge is 0.143 e. The van der Waals surface area contributed by atoms with Gasteiger partial charge in [-0.05, 0) is 99.6 Å². The molecule has 2 nitrogen and oxygen atoms in total. The number of nitrogens with zero attached hydrogens (tertiary/aromatic N) is 1. The van der Waals surface area contributed by atoms with E-state index in [9.17, 15) is 0 Å². The first-order valence-corrected chi connectivity index (χ1v) is 20.1. The number of hydrogen-bond donors (Lipinski definition) is 0. The SMILES string of the molecule is c1ccc(-c2ccc(N(c3ccc(-c4ccc5oc6c(-c7ccccc7)cccc6c5c4)cc3)c3ccc4sc5ccccc5c4c3)cc2-c2ccccc2)cc1. The predicted molar refractivity (Wildman–Crippen MR) is 243 cm³/mol. The Hall–Kier alpha value is -7.20. The van der Waals surface area contributed by atoms with E-state index in [1.807, 2.05) is 17.4 Å². The second-order valence-corrected chi connectivity index (χ2v) is 15.6. The van der Waals surface area contributed by atoms with Crippen molar-refractivity contribution in [2.75, 3.05) is 4.90 Å². The molecule has 0 saturated heterocycles. The van der Waals surface area contributed by atoms with Crippen molar-refractivity contribution in [3.8, 4) is 44.5 Å². The molecule has 11 rings (SSSR count). The molecule has 0 amide bonds. The highest BCUT2D eigenvalue weighted by Crippen LogP contribution is 2.44. The summed E-state index contributed by atoms with van der Waals surface area (Å²) in [4.78, 5) is 2.40. The standard InChI is InChI=1S/C54H35NOS/c1-4-13-37(14-5-1)44-30-28-42(34-48(44)39-17-8-3-9-18-39)55(43-29-32-53-50(35-43)46-19-10-11-22-52(46)57-53)41-26-23-36(24-27-41)40-25-31-51-49(33-40)47-21-12-20-45(54(47)56-51)38-15-6-2-7-16-38/h1-35H. The molecule has 0 atom stereocenters. The van der Waals surface area contributed by atoms with Crippen LogP contribution in [0.1, 0.15) is 0 Å². The third-order valence-corrected chi connectivity index (χ3v) is 12.2. The van der Waals surface area contributed by atoms with E-state index in [2.05, 4.69) is 211 Å². The summed E-state index contributed by atoms with van der Waals surface area (Å²) in [5.41, 5.74) is 14.5. The van der Waals surface area contributed by atoms with Gasteiger partial charge < -0.3 is 9.32 Å². The number of benzene rings is 9. The van der Waals surface area contributed by atoms with Gasteiger partial charge in [0.15, 0.2) is 0 Å². The van der Waals surface area contributed by atoms with Crippen molar-refractivity contribution >= 4 is 70.5 Å². The molecule has 9 aromatic carbocycles. The van der Waals surface area contributed by atoms with Crippen LogP contribution in [0.4, 0.5) is 17.1 Å². The van der Waals surface area contributed by atoms with E-state index in [1.165, 1.54) is 42.4 Å². The molecule has 11 aromatic rings. The lowest BCUT2D eigenvalue weighted by Crippen LogP contribution is -2.10. The summed E-state index contributed by atoms with van der Waals surface area (Å²) in [6, 6.07) is 76.4. The normalized spacial score (nSPS) is 11.5.